The van der Waals surface area contributed by atoms with E-state index in [0.29, 0.717) is 0 Å². The van der Waals surface area contributed by atoms with E-state index in [1.165, 1.54) is 5.56 Å². The first kappa shape index (κ1) is 15.3. The summed E-state index contributed by atoms with van der Waals surface area (Å²) in [6.45, 7) is 3.90. The molecule has 3 N–H and O–H groups in total. The minimum Gasteiger partial charge on any atom is -0.480 e. The van der Waals surface area contributed by atoms with Gasteiger partial charge in [0, 0.05) is 0 Å². The Morgan fingerprint density at radius 1 is 0.952 bits per heavy atom. The predicted molar refractivity (Wildman–Crippen MR) is 85.1 cm³/mol. The van der Waals surface area contributed by atoms with Gasteiger partial charge in [0.2, 0.25) is 0 Å². The Bertz CT molecular complexity index is 592. The molecule has 0 heterocycles. The molecule has 0 spiro atoms. The third kappa shape index (κ3) is 3.50. The first-order valence-electron chi connectivity index (χ1n) is 7.14. The van der Waals surface area contributed by atoms with Crippen LogP contribution in [0.3, 0.4) is 0 Å². The molecule has 0 aliphatic rings. The van der Waals surface area contributed by atoms with Crippen molar-refractivity contribution in [1.82, 2.24) is 0 Å². The van der Waals surface area contributed by atoms with Crippen LogP contribution in [-0.4, -0.2) is 17.1 Å². The lowest BCUT2D eigenvalue weighted by molar-refractivity contribution is -0.139. The van der Waals surface area contributed by atoms with E-state index in [9.17, 15) is 4.79 Å². The van der Waals surface area contributed by atoms with Gasteiger partial charge >= 0.3 is 5.97 Å². The number of nitrogens with two attached hydrogens (primary N) is 1. The highest BCUT2D eigenvalue weighted by Crippen LogP contribution is 2.28. The van der Waals surface area contributed by atoms with E-state index < -0.39 is 12.0 Å². The molecule has 2 aromatic rings. The Morgan fingerprint density at radius 3 is 2.00 bits per heavy atom. The van der Waals surface area contributed by atoms with Crippen LogP contribution in [0.2, 0.25) is 0 Å². The molecule has 0 amide bonds. The van der Waals surface area contributed by atoms with E-state index in [1.54, 1.807) is 0 Å². The lowest BCUT2D eigenvalue weighted by Crippen LogP contribution is -2.38. The molecule has 0 saturated carbocycles. The number of rotatable bonds is 5. The second kappa shape index (κ2) is 6.55. The summed E-state index contributed by atoms with van der Waals surface area (Å²) in [6, 6.07) is 17.6. The third-order valence-corrected chi connectivity index (χ3v) is 4.18. The number of carbonyl (C=O) groups is 1. The van der Waals surface area contributed by atoms with Crippen molar-refractivity contribution in [2.24, 2.45) is 11.7 Å². The highest BCUT2D eigenvalue weighted by molar-refractivity contribution is 5.73. The molecular formula is C18H21NO2. The molecule has 0 aliphatic carbocycles. The summed E-state index contributed by atoms with van der Waals surface area (Å²) in [5.74, 6) is -0.971. The van der Waals surface area contributed by atoms with Gasteiger partial charge < -0.3 is 10.8 Å². The molecule has 110 valence electrons. The first-order valence-corrected chi connectivity index (χ1v) is 7.14. The normalized spacial score (nSPS) is 15.2. The molecule has 3 nitrogen and oxygen atoms in total. The average Bonchev–Trinajstić information content (AvgIpc) is 2.53. The monoisotopic (exact) mass is 283 g/mol. The summed E-state index contributed by atoms with van der Waals surface area (Å²) in [5.41, 5.74) is 9.16. The smallest absolute Gasteiger partial charge is 0.320 e. The maximum Gasteiger partial charge on any atom is 0.320 e. The Hall–Kier alpha value is -2.13. The molecule has 0 aliphatic heterocycles. The summed E-state index contributed by atoms with van der Waals surface area (Å²) in [4.78, 5) is 11.0. The second-order valence-corrected chi connectivity index (χ2v) is 5.50. The van der Waals surface area contributed by atoms with Crippen molar-refractivity contribution >= 4 is 5.97 Å². The van der Waals surface area contributed by atoms with Gasteiger partial charge in [-0.3, -0.25) is 4.79 Å². The van der Waals surface area contributed by atoms with E-state index in [-0.39, 0.29) is 11.8 Å². The van der Waals surface area contributed by atoms with Gasteiger partial charge in [-0.25, -0.2) is 0 Å². The van der Waals surface area contributed by atoms with Crippen molar-refractivity contribution in [1.29, 1.82) is 0 Å². The zero-order valence-electron chi connectivity index (χ0n) is 12.4. The van der Waals surface area contributed by atoms with Crippen LogP contribution in [0.1, 0.15) is 25.3 Å². The fourth-order valence-corrected chi connectivity index (χ4v) is 2.45. The van der Waals surface area contributed by atoms with Crippen LogP contribution in [0, 0.1) is 5.92 Å². The van der Waals surface area contributed by atoms with E-state index in [1.807, 2.05) is 32.0 Å². The molecule has 2 aromatic carbocycles. The number of aliphatic carboxylic acids is 1. The number of benzene rings is 2. The van der Waals surface area contributed by atoms with Crippen molar-refractivity contribution in [3.63, 3.8) is 0 Å². The summed E-state index contributed by atoms with van der Waals surface area (Å²) in [7, 11) is 0. The van der Waals surface area contributed by atoms with Gasteiger partial charge in [0.15, 0.2) is 0 Å². The number of hydrogen-bond acceptors (Lipinski definition) is 2. The number of hydrogen-bond donors (Lipinski definition) is 2. The molecule has 2 unspecified atom stereocenters. The lowest BCUT2D eigenvalue weighted by Gasteiger charge is -2.23. The summed E-state index contributed by atoms with van der Waals surface area (Å²) < 4.78 is 0. The molecule has 2 rings (SSSR count). The van der Waals surface area contributed by atoms with Crippen LogP contribution >= 0.6 is 0 Å². The lowest BCUT2D eigenvalue weighted by atomic mass is 9.84. The predicted octanol–water partition coefficient (Wildman–Crippen LogP) is 3.51. The molecule has 3 atom stereocenters. The quantitative estimate of drug-likeness (QED) is 0.882. The maximum absolute atomic E-state index is 11.0. The number of carboxylic acids is 1. The molecule has 0 saturated heterocycles. The van der Waals surface area contributed by atoms with Crippen LogP contribution in [0.5, 0.6) is 0 Å². The topological polar surface area (TPSA) is 63.3 Å². The second-order valence-electron chi connectivity index (χ2n) is 5.50. The molecule has 0 bridgehead atoms. The van der Waals surface area contributed by atoms with Crippen molar-refractivity contribution < 1.29 is 9.90 Å². The largest absolute Gasteiger partial charge is 0.480 e. The highest BCUT2D eigenvalue weighted by atomic mass is 16.4. The molecular weight excluding hydrogens is 262 g/mol. The van der Waals surface area contributed by atoms with E-state index in [0.717, 1.165) is 11.1 Å². The van der Waals surface area contributed by atoms with Gasteiger partial charge in [0.25, 0.3) is 0 Å². The molecule has 21 heavy (non-hydrogen) atoms. The van der Waals surface area contributed by atoms with Gasteiger partial charge in [-0.2, -0.15) is 0 Å². The van der Waals surface area contributed by atoms with Gasteiger partial charge in [0.1, 0.15) is 6.04 Å². The molecule has 0 aromatic heterocycles. The summed E-state index contributed by atoms with van der Waals surface area (Å²) >= 11 is 0. The number of carboxylic acid groups (broad SMARTS) is 1. The standard InChI is InChI=1S/C18H21NO2/c1-12(13(2)17(19)18(20)21)14-8-10-16(11-9-14)15-6-4-3-5-7-15/h3-13,17H,19H2,1-2H3,(H,20,21)/t12?,13?,17-/m0/s1. The van der Waals surface area contributed by atoms with Gasteiger partial charge in [-0.15, -0.1) is 0 Å². The summed E-state index contributed by atoms with van der Waals surface area (Å²) in [5, 5.41) is 9.02. The van der Waals surface area contributed by atoms with Gasteiger partial charge in [-0.1, -0.05) is 68.4 Å². The third-order valence-electron chi connectivity index (χ3n) is 4.18. The van der Waals surface area contributed by atoms with Crippen LogP contribution in [-0.2, 0) is 4.79 Å². The highest BCUT2D eigenvalue weighted by Gasteiger charge is 2.25. The van der Waals surface area contributed by atoms with Crippen LogP contribution in [0.15, 0.2) is 54.6 Å². The Balaban J connectivity index is 2.17. The van der Waals surface area contributed by atoms with E-state index in [2.05, 4.69) is 36.4 Å². The van der Waals surface area contributed by atoms with Crippen LogP contribution in [0.25, 0.3) is 11.1 Å². The first-order chi connectivity index (χ1) is 10.0. The zero-order chi connectivity index (χ0) is 15.4. The Kier molecular flexibility index (Phi) is 4.76. The Morgan fingerprint density at radius 2 is 1.48 bits per heavy atom. The SMILES string of the molecule is CC(c1ccc(-c2ccccc2)cc1)C(C)[C@H](N)C(=O)O. The van der Waals surface area contributed by atoms with E-state index >= 15 is 0 Å². The fraction of sp³-hybridized carbons (Fsp3) is 0.278. The van der Waals surface area contributed by atoms with E-state index in [4.69, 9.17) is 10.8 Å². The van der Waals surface area contributed by atoms with Crippen LogP contribution in [0.4, 0.5) is 0 Å². The van der Waals surface area contributed by atoms with Gasteiger partial charge in [0.05, 0.1) is 0 Å². The van der Waals surface area contributed by atoms with Crippen molar-refractivity contribution in [3.05, 3.63) is 60.2 Å². The van der Waals surface area contributed by atoms with Gasteiger partial charge in [-0.05, 0) is 28.5 Å². The molecule has 3 heteroatoms. The minimum absolute atomic E-state index is 0.0981. The molecule has 0 radical (unpaired) electrons. The van der Waals surface area contributed by atoms with Crippen LogP contribution < -0.4 is 5.73 Å². The average molecular weight is 283 g/mol. The fourth-order valence-electron chi connectivity index (χ4n) is 2.45. The zero-order valence-corrected chi connectivity index (χ0v) is 12.4. The van der Waals surface area contributed by atoms with Crippen molar-refractivity contribution in [3.8, 4) is 11.1 Å². The van der Waals surface area contributed by atoms with Crippen molar-refractivity contribution in [2.45, 2.75) is 25.8 Å². The Labute approximate surface area is 125 Å². The molecule has 0 fully saturated rings. The minimum atomic E-state index is -0.949. The summed E-state index contributed by atoms with van der Waals surface area (Å²) in [6.07, 6.45) is 0. The van der Waals surface area contributed by atoms with Crippen molar-refractivity contribution in [2.75, 3.05) is 0 Å². The maximum atomic E-state index is 11.0.